The van der Waals surface area contributed by atoms with E-state index in [4.69, 9.17) is 5.11 Å². The number of rotatable bonds is 3. The summed E-state index contributed by atoms with van der Waals surface area (Å²) in [5.74, 6) is -1.73. The zero-order valence-corrected chi connectivity index (χ0v) is 12.4. The molecule has 6 nitrogen and oxygen atoms in total. The van der Waals surface area contributed by atoms with Crippen LogP contribution in [-0.2, 0) is 7.05 Å². The van der Waals surface area contributed by atoms with Crippen LogP contribution in [0.4, 0.5) is 5.69 Å². The molecule has 0 saturated heterocycles. The monoisotopic (exact) mass is 337 g/mol. The maximum absolute atomic E-state index is 12.1. The minimum atomic E-state index is -1.18. The fourth-order valence-electron chi connectivity index (χ4n) is 1.76. The molecule has 0 radical (unpaired) electrons. The highest BCUT2D eigenvalue weighted by atomic mass is 79.9. The maximum Gasteiger partial charge on any atom is 0.339 e. The molecule has 0 atom stereocenters. The normalized spacial score (nSPS) is 10.3. The molecule has 0 fully saturated rings. The lowest BCUT2D eigenvalue weighted by molar-refractivity contribution is 0.0692. The number of anilines is 1. The van der Waals surface area contributed by atoms with Crippen molar-refractivity contribution in [3.63, 3.8) is 0 Å². The SMILES string of the molecule is Cc1cc(Br)ccc1NC(=O)c1nn(C)cc1C(=O)O. The van der Waals surface area contributed by atoms with E-state index in [0.29, 0.717) is 5.69 Å². The Balaban J connectivity index is 2.31. The molecule has 1 amide bonds. The van der Waals surface area contributed by atoms with Crippen LogP contribution in [0.5, 0.6) is 0 Å². The van der Waals surface area contributed by atoms with E-state index in [-0.39, 0.29) is 11.3 Å². The summed E-state index contributed by atoms with van der Waals surface area (Å²) in [6.07, 6.45) is 1.30. The molecule has 1 aromatic carbocycles. The van der Waals surface area contributed by atoms with Crippen LogP contribution in [0.3, 0.4) is 0 Å². The Kier molecular flexibility index (Phi) is 3.89. The van der Waals surface area contributed by atoms with Gasteiger partial charge in [0.05, 0.1) is 0 Å². The first-order valence-electron chi connectivity index (χ1n) is 5.73. The van der Waals surface area contributed by atoms with Gasteiger partial charge in [0.1, 0.15) is 5.56 Å². The van der Waals surface area contributed by atoms with Crippen molar-refractivity contribution >= 4 is 33.5 Å². The van der Waals surface area contributed by atoms with Crippen LogP contribution in [0.15, 0.2) is 28.9 Å². The molecule has 0 aliphatic carbocycles. The third-order valence-corrected chi connectivity index (χ3v) is 3.20. The molecular weight excluding hydrogens is 326 g/mol. The molecule has 1 heterocycles. The highest BCUT2D eigenvalue weighted by Crippen LogP contribution is 2.21. The zero-order valence-electron chi connectivity index (χ0n) is 10.8. The van der Waals surface area contributed by atoms with Gasteiger partial charge < -0.3 is 10.4 Å². The molecule has 2 aromatic rings. The molecule has 20 heavy (non-hydrogen) atoms. The number of carbonyl (C=O) groups excluding carboxylic acids is 1. The molecule has 0 aliphatic rings. The molecule has 2 rings (SSSR count). The molecule has 0 saturated carbocycles. The lowest BCUT2D eigenvalue weighted by Gasteiger charge is -2.07. The van der Waals surface area contributed by atoms with Gasteiger partial charge in [-0.1, -0.05) is 15.9 Å². The maximum atomic E-state index is 12.1. The molecule has 1 aromatic heterocycles. The number of aryl methyl sites for hydroxylation is 2. The standard InChI is InChI=1S/C13H12BrN3O3/c1-7-5-8(14)3-4-10(7)15-12(18)11-9(13(19)20)6-17(2)16-11/h3-6H,1-2H3,(H,15,18)(H,19,20). The van der Waals surface area contributed by atoms with Gasteiger partial charge in [0.25, 0.3) is 5.91 Å². The zero-order chi connectivity index (χ0) is 14.9. The Bertz CT molecular complexity index is 694. The first-order chi connectivity index (χ1) is 9.38. The fraction of sp³-hybridized carbons (Fsp3) is 0.154. The first kappa shape index (κ1) is 14.3. The summed E-state index contributed by atoms with van der Waals surface area (Å²) in [6, 6.07) is 5.38. The number of carboxylic acids is 1. The van der Waals surface area contributed by atoms with Gasteiger partial charge in [-0.25, -0.2) is 4.79 Å². The van der Waals surface area contributed by atoms with Crippen molar-refractivity contribution in [2.24, 2.45) is 7.05 Å². The van der Waals surface area contributed by atoms with Crippen molar-refractivity contribution in [1.82, 2.24) is 9.78 Å². The van der Waals surface area contributed by atoms with Crippen molar-refractivity contribution in [1.29, 1.82) is 0 Å². The second kappa shape index (κ2) is 5.46. The van der Waals surface area contributed by atoms with Crippen molar-refractivity contribution in [3.05, 3.63) is 45.7 Å². The average molecular weight is 338 g/mol. The largest absolute Gasteiger partial charge is 0.478 e. The van der Waals surface area contributed by atoms with Gasteiger partial charge in [0.2, 0.25) is 0 Å². The first-order valence-corrected chi connectivity index (χ1v) is 6.52. The van der Waals surface area contributed by atoms with E-state index in [0.717, 1.165) is 10.0 Å². The number of benzene rings is 1. The second-order valence-electron chi connectivity index (χ2n) is 4.28. The van der Waals surface area contributed by atoms with E-state index >= 15 is 0 Å². The number of carbonyl (C=O) groups is 2. The van der Waals surface area contributed by atoms with Gasteiger partial charge in [-0.05, 0) is 30.7 Å². The van der Waals surface area contributed by atoms with Crippen molar-refractivity contribution in [2.75, 3.05) is 5.32 Å². The Morgan fingerprint density at radius 2 is 2.10 bits per heavy atom. The van der Waals surface area contributed by atoms with E-state index in [9.17, 15) is 9.59 Å². The Labute approximate surface area is 123 Å². The Hall–Kier alpha value is -2.15. The van der Waals surface area contributed by atoms with Gasteiger partial charge in [0.15, 0.2) is 5.69 Å². The number of amides is 1. The molecule has 2 N–H and O–H groups in total. The van der Waals surface area contributed by atoms with Crippen LogP contribution in [0.25, 0.3) is 0 Å². The Morgan fingerprint density at radius 1 is 1.40 bits per heavy atom. The minimum absolute atomic E-state index is 0.109. The third-order valence-electron chi connectivity index (χ3n) is 2.71. The van der Waals surface area contributed by atoms with Crippen LogP contribution >= 0.6 is 15.9 Å². The highest BCUT2D eigenvalue weighted by molar-refractivity contribution is 9.10. The second-order valence-corrected chi connectivity index (χ2v) is 5.20. The summed E-state index contributed by atoms with van der Waals surface area (Å²) >= 11 is 3.34. The van der Waals surface area contributed by atoms with Gasteiger partial charge in [-0.2, -0.15) is 5.10 Å². The van der Waals surface area contributed by atoms with Gasteiger partial charge in [-0.3, -0.25) is 9.48 Å². The summed E-state index contributed by atoms with van der Waals surface area (Å²) < 4.78 is 2.20. The summed E-state index contributed by atoms with van der Waals surface area (Å²) in [5, 5.41) is 15.6. The lowest BCUT2D eigenvalue weighted by atomic mass is 10.2. The van der Waals surface area contributed by atoms with Crippen molar-refractivity contribution < 1.29 is 14.7 Å². The average Bonchev–Trinajstić information content (AvgIpc) is 2.75. The quantitative estimate of drug-likeness (QED) is 0.900. The summed E-state index contributed by atoms with van der Waals surface area (Å²) in [6.45, 7) is 1.84. The fourth-order valence-corrected chi connectivity index (χ4v) is 2.24. The predicted molar refractivity (Wildman–Crippen MR) is 77.0 cm³/mol. The number of nitrogens with one attached hydrogen (secondary N) is 1. The van der Waals surface area contributed by atoms with Crippen LogP contribution < -0.4 is 5.32 Å². The molecule has 0 unspecified atom stereocenters. The number of halogens is 1. The number of hydrogen-bond donors (Lipinski definition) is 2. The molecule has 104 valence electrons. The minimum Gasteiger partial charge on any atom is -0.478 e. The van der Waals surface area contributed by atoms with Crippen LogP contribution in [0.1, 0.15) is 26.4 Å². The number of aromatic nitrogens is 2. The van der Waals surface area contributed by atoms with Crippen LogP contribution in [0, 0.1) is 6.92 Å². The molecule has 0 aliphatic heterocycles. The topological polar surface area (TPSA) is 84.2 Å². The number of aromatic carboxylic acids is 1. The van der Waals surface area contributed by atoms with Gasteiger partial charge >= 0.3 is 5.97 Å². The summed E-state index contributed by atoms with van der Waals surface area (Å²) in [5.41, 5.74) is 1.24. The van der Waals surface area contributed by atoms with Crippen LogP contribution in [-0.4, -0.2) is 26.8 Å². The van der Waals surface area contributed by atoms with E-state index < -0.39 is 11.9 Å². The van der Waals surface area contributed by atoms with Crippen LogP contribution in [0.2, 0.25) is 0 Å². The molecular formula is C13H12BrN3O3. The summed E-state index contributed by atoms with van der Waals surface area (Å²) in [7, 11) is 1.56. The van der Waals surface area contributed by atoms with E-state index in [2.05, 4.69) is 26.3 Å². The number of hydrogen-bond acceptors (Lipinski definition) is 3. The van der Waals surface area contributed by atoms with E-state index in [1.54, 1.807) is 19.2 Å². The van der Waals surface area contributed by atoms with Gasteiger partial charge in [0, 0.05) is 23.4 Å². The Morgan fingerprint density at radius 3 is 2.70 bits per heavy atom. The lowest BCUT2D eigenvalue weighted by Crippen LogP contribution is -2.17. The molecule has 0 spiro atoms. The van der Waals surface area contributed by atoms with E-state index in [1.165, 1.54) is 10.9 Å². The van der Waals surface area contributed by atoms with E-state index in [1.807, 2.05) is 13.0 Å². The number of nitrogens with zero attached hydrogens (tertiary/aromatic N) is 2. The highest BCUT2D eigenvalue weighted by Gasteiger charge is 2.21. The smallest absolute Gasteiger partial charge is 0.339 e. The number of carboxylic acid groups (broad SMARTS) is 1. The third kappa shape index (κ3) is 2.88. The predicted octanol–water partition coefficient (Wildman–Crippen LogP) is 2.44. The summed E-state index contributed by atoms with van der Waals surface area (Å²) in [4.78, 5) is 23.2. The molecule has 7 heteroatoms. The van der Waals surface area contributed by atoms with Crippen molar-refractivity contribution in [2.45, 2.75) is 6.92 Å². The van der Waals surface area contributed by atoms with Crippen molar-refractivity contribution in [3.8, 4) is 0 Å². The molecule has 0 bridgehead atoms. The van der Waals surface area contributed by atoms with Gasteiger partial charge in [-0.15, -0.1) is 0 Å².